The third kappa shape index (κ3) is 3.65. The van der Waals surface area contributed by atoms with Crippen LogP contribution in [-0.4, -0.2) is 20.9 Å². The number of para-hydroxylation sites is 1. The summed E-state index contributed by atoms with van der Waals surface area (Å²) >= 11 is 12.0. The number of carbonyl (C=O) groups excluding carboxylic acids is 1. The Balaban J connectivity index is 1.49. The first-order chi connectivity index (χ1) is 13.5. The van der Waals surface area contributed by atoms with Gasteiger partial charge in [0, 0.05) is 11.3 Å². The van der Waals surface area contributed by atoms with Gasteiger partial charge in [0.1, 0.15) is 5.52 Å². The first-order valence-corrected chi connectivity index (χ1v) is 9.20. The molecule has 140 valence electrons. The molecule has 0 aliphatic heterocycles. The molecule has 0 saturated heterocycles. The van der Waals surface area contributed by atoms with Crippen LogP contribution in [0.5, 0.6) is 0 Å². The molecule has 1 amide bonds. The molecule has 1 heterocycles. The van der Waals surface area contributed by atoms with Gasteiger partial charge in [-0.05, 0) is 42.0 Å². The van der Waals surface area contributed by atoms with E-state index in [1.807, 2.05) is 41.1 Å². The zero-order chi connectivity index (χ0) is 19.7. The fourth-order valence-corrected chi connectivity index (χ4v) is 3.32. The highest BCUT2D eigenvalue weighted by atomic mass is 35.5. The highest BCUT2D eigenvalue weighted by Crippen LogP contribution is 2.31. The van der Waals surface area contributed by atoms with E-state index in [0.717, 1.165) is 16.6 Å². The minimum atomic E-state index is -0.269. The molecule has 0 aliphatic rings. The van der Waals surface area contributed by atoms with Crippen molar-refractivity contribution in [1.82, 2.24) is 15.0 Å². The van der Waals surface area contributed by atoms with E-state index in [2.05, 4.69) is 15.6 Å². The van der Waals surface area contributed by atoms with Gasteiger partial charge in [-0.25, -0.2) is 4.68 Å². The maximum atomic E-state index is 12.5. The number of carbonyl (C=O) groups is 1. The summed E-state index contributed by atoms with van der Waals surface area (Å²) in [5.74, 6) is -0.269. The van der Waals surface area contributed by atoms with E-state index in [1.54, 1.807) is 24.3 Å². The Morgan fingerprint density at radius 3 is 2.43 bits per heavy atom. The predicted molar refractivity (Wildman–Crippen MR) is 112 cm³/mol. The number of hydrogen-bond acceptors (Lipinski definition) is 4. The number of nitrogens with two attached hydrogens (primary N) is 1. The lowest BCUT2D eigenvalue weighted by molar-refractivity contribution is 0.102. The van der Waals surface area contributed by atoms with Crippen molar-refractivity contribution in [2.45, 2.75) is 6.54 Å². The summed E-state index contributed by atoms with van der Waals surface area (Å²) in [6.07, 6.45) is 0. The van der Waals surface area contributed by atoms with E-state index in [1.165, 1.54) is 0 Å². The van der Waals surface area contributed by atoms with Crippen molar-refractivity contribution in [3.63, 3.8) is 0 Å². The fourth-order valence-electron chi connectivity index (χ4n) is 2.83. The van der Waals surface area contributed by atoms with E-state index in [4.69, 9.17) is 28.9 Å². The first-order valence-electron chi connectivity index (χ1n) is 8.44. The monoisotopic (exact) mass is 411 g/mol. The summed E-state index contributed by atoms with van der Waals surface area (Å²) in [5.41, 5.74) is 9.80. The molecule has 0 atom stereocenters. The number of nitrogen functional groups attached to an aromatic ring is 1. The van der Waals surface area contributed by atoms with Gasteiger partial charge in [-0.1, -0.05) is 52.7 Å². The minimum Gasteiger partial charge on any atom is -0.396 e. The van der Waals surface area contributed by atoms with Crippen LogP contribution < -0.4 is 11.1 Å². The highest BCUT2D eigenvalue weighted by Gasteiger charge is 2.10. The first kappa shape index (κ1) is 18.3. The third-order valence-electron chi connectivity index (χ3n) is 4.31. The van der Waals surface area contributed by atoms with Crippen LogP contribution in [-0.2, 0) is 6.54 Å². The van der Waals surface area contributed by atoms with Crippen molar-refractivity contribution >= 4 is 51.5 Å². The summed E-state index contributed by atoms with van der Waals surface area (Å²) in [5, 5.41) is 11.7. The molecule has 0 radical (unpaired) electrons. The summed E-state index contributed by atoms with van der Waals surface area (Å²) < 4.78 is 1.82. The smallest absolute Gasteiger partial charge is 0.255 e. The third-order valence-corrected chi connectivity index (χ3v) is 4.93. The Kier molecular flexibility index (Phi) is 4.90. The quantitative estimate of drug-likeness (QED) is 0.479. The molecule has 8 heteroatoms. The van der Waals surface area contributed by atoms with Crippen molar-refractivity contribution in [2.75, 3.05) is 11.1 Å². The standard InChI is InChI=1S/C20H15Cl2N5O/c21-15-9-14(10-16(22)19(15)23)24-20(28)13-7-5-12(6-8-13)11-27-18-4-2-1-3-17(18)25-26-27/h1-10H,11,23H2,(H,24,28). The van der Waals surface area contributed by atoms with Crippen LogP contribution in [0.2, 0.25) is 10.0 Å². The molecule has 0 fully saturated rings. The number of halogens is 2. The van der Waals surface area contributed by atoms with Crippen molar-refractivity contribution in [1.29, 1.82) is 0 Å². The lowest BCUT2D eigenvalue weighted by Crippen LogP contribution is -2.12. The Hall–Kier alpha value is -3.09. The van der Waals surface area contributed by atoms with Crippen LogP contribution in [0.15, 0.2) is 60.7 Å². The second-order valence-corrected chi connectivity index (χ2v) is 7.05. The van der Waals surface area contributed by atoms with Gasteiger partial charge < -0.3 is 11.1 Å². The fraction of sp³-hybridized carbons (Fsp3) is 0.0500. The van der Waals surface area contributed by atoms with E-state index in [0.29, 0.717) is 27.8 Å². The molecule has 0 saturated carbocycles. The average Bonchev–Trinajstić information content (AvgIpc) is 3.09. The van der Waals surface area contributed by atoms with E-state index >= 15 is 0 Å². The van der Waals surface area contributed by atoms with Crippen LogP contribution >= 0.6 is 23.2 Å². The van der Waals surface area contributed by atoms with Gasteiger partial charge in [-0.2, -0.15) is 0 Å². The van der Waals surface area contributed by atoms with Gasteiger partial charge in [0.05, 0.1) is 27.8 Å². The normalized spacial score (nSPS) is 10.9. The van der Waals surface area contributed by atoms with Gasteiger partial charge in [0.25, 0.3) is 5.91 Å². The molecule has 28 heavy (non-hydrogen) atoms. The summed E-state index contributed by atoms with van der Waals surface area (Å²) in [7, 11) is 0. The van der Waals surface area contributed by atoms with Crippen molar-refractivity contribution in [3.05, 3.63) is 81.8 Å². The van der Waals surface area contributed by atoms with Gasteiger partial charge in [-0.15, -0.1) is 5.10 Å². The maximum Gasteiger partial charge on any atom is 0.255 e. The van der Waals surface area contributed by atoms with Crippen LogP contribution in [0.25, 0.3) is 11.0 Å². The topological polar surface area (TPSA) is 85.8 Å². The van der Waals surface area contributed by atoms with E-state index < -0.39 is 0 Å². The van der Waals surface area contributed by atoms with Crippen LogP contribution in [0.1, 0.15) is 15.9 Å². The molecule has 0 unspecified atom stereocenters. The summed E-state index contributed by atoms with van der Waals surface area (Å²) in [4.78, 5) is 12.5. The predicted octanol–water partition coefficient (Wildman–Crippen LogP) is 4.62. The molecule has 6 nitrogen and oxygen atoms in total. The largest absolute Gasteiger partial charge is 0.396 e. The molecule has 0 aliphatic carbocycles. The molecule has 4 aromatic rings. The van der Waals surface area contributed by atoms with Gasteiger partial charge in [-0.3, -0.25) is 4.79 Å². The second kappa shape index (κ2) is 7.50. The zero-order valence-corrected chi connectivity index (χ0v) is 16.1. The number of anilines is 2. The SMILES string of the molecule is Nc1c(Cl)cc(NC(=O)c2ccc(Cn3nnc4ccccc43)cc2)cc1Cl. The Labute approximate surface area is 170 Å². The summed E-state index contributed by atoms with van der Waals surface area (Å²) in [6, 6.07) is 18.2. The summed E-state index contributed by atoms with van der Waals surface area (Å²) in [6.45, 7) is 0.561. The Bertz CT molecular complexity index is 1150. The molecule has 3 aromatic carbocycles. The zero-order valence-electron chi connectivity index (χ0n) is 14.6. The molecule has 1 aromatic heterocycles. The number of nitrogens with one attached hydrogen (secondary N) is 1. The molecule has 4 rings (SSSR count). The minimum absolute atomic E-state index is 0.269. The van der Waals surface area contributed by atoms with Crippen molar-refractivity contribution < 1.29 is 4.79 Å². The van der Waals surface area contributed by atoms with Gasteiger partial charge in [0.15, 0.2) is 0 Å². The van der Waals surface area contributed by atoms with E-state index in [-0.39, 0.29) is 11.6 Å². The van der Waals surface area contributed by atoms with Gasteiger partial charge >= 0.3 is 0 Å². The second-order valence-electron chi connectivity index (χ2n) is 6.24. The van der Waals surface area contributed by atoms with Crippen molar-refractivity contribution in [2.24, 2.45) is 0 Å². The molecule has 0 spiro atoms. The molecular weight excluding hydrogens is 397 g/mol. The Morgan fingerprint density at radius 2 is 1.71 bits per heavy atom. The number of fused-ring (bicyclic) bond motifs is 1. The van der Waals surface area contributed by atoms with Crippen LogP contribution in [0.3, 0.4) is 0 Å². The van der Waals surface area contributed by atoms with Gasteiger partial charge in [0.2, 0.25) is 0 Å². The number of aromatic nitrogens is 3. The number of hydrogen-bond donors (Lipinski definition) is 2. The lowest BCUT2D eigenvalue weighted by atomic mass is 10.1. The molecule has 0 bridgehead atoms. The van der Waals surface area contributed by atoms with Crippen LogP contribution in [0, 0.1) is 0 Å². The number of rotatable bonds is 4. The number of nitrogens with zero attached hydrogens (tertiary/aromatic N) is 3. The molecular formula is C20H15Cl2N5O. The number of amides is 1. The maximum absolute atomic E-state index is 12.5. The van der Waals surface area contributed by atoms with Crippen LogP contribution in [0.4, 0.5) is 11.4 Å². The molecule has 3 N–H and O–H groups in total. The Morgan fingerprint density at radius 1 is 1.04 bits per heavy atom. The number of benzene rings is 3. The van der Waals surface area contributed by atoms with Crippen molar-refractivity contribution in [3.8, 4) is 0 Å². The lowest BCUT2D eigenvalue weighted by Gasteiger charge is -2.09. The van der Waals surface area contributed by atoms with E-state index in [9.17, 15) is 4.79 Å². The highest BCUT2D eigenvalue weighted by molar-refractivity contribution is 6.39. The average molecular weight is 412 g/mol.